The number of thiocarbonyl (C=S) groups is 1. The van der Waals surface area contributed by atoms with Crippen LogP contribution in [0.2, 0.25) is 5.15 Å². The van der Waals surface area contributed by atoms with E-state index in [2.05, 4.69) is 60.7 Å². The molecule has 5 heteroatoms. The van der Waals surface area contributed by atoms with E-state index in [1.165, 1.54) is 11.1 Å². The Labute approximate surface area is 148 Å². The maximum Gasteiger partial charge on any atom is 0.166 e. The highest BCUT2D eigenvalue weighted by Crippen LogP contribution is 2.22. The van der Waals surface area contributed by atoms with Crippen molar-refractivity contribution in [3.63, 3.8) is 0 Å². The maximum absolute atomic E-state index is 5.76. The van der Waals surface area contributed by atoms with Crippen LogP contribution in [0.1, 0.15) is 37.5 Å². The van der Waals surface area contributed by atoms with Crippen molar-refractivity contribution < 1.29 is 0 Å². The van der Waals surface area contributed by atoms with Gasteiger partial charge in [-0.1, -0.05) is 62.7 Å². The smallest absolute Gasteiger partial charge is 0.166 e. The van der Waals surface area contributed by atoms with Crippen molar-refractivity contribution in [1.29, 1.82) is 0 Å². The fraction of sp³-hybridized carbons (Fsp3) is 0.333. The highest BCUT2D eigenvalue weighted by Gasteiger charge is 2.12. The zero-order chi connectivity index (χ0) is 16.9. The quantitative estimate of drug-likeness (QED) is 0.642. The topological polar surface area (TPSA) is 37.0 Å². The van der Waals surface area contributed by atoms with Crippen LogP contribution in [0.4, 0.5) is 0 Å². The molecule has 1 aromatic carbocycles. The second kappa shape index (κ2) is 7.75. The maximum atomic E-state index is 5.76. The molecule has 1 heterocycles. The van der Waals surface area contributed by atoms with Crippen LogP contribution in [0, 0.1) is 0 Å². The van der Waals surface area contributed by atoms with Crippen LogP contribution in [0.5, 0.6) is 0 Å². The number of rotatable bonds is 4. The molecule has 122 valence electrons. The third kappa shape index (κ3) is 5.81. The molecule has 0 aliphatic rings. The standard InChI is InChI=1S/C18H22ClN3S/c1-18(2,3)15-7-4-13(5-8-15)10-21-17(23)22-12-14-6-9-16(19)20-11-14/h4-9,11H,10,12H2,1-3H3,(H2,21,22,23). The fourth-order valence-electron chi connectivity index (χ4n) is 2.06. The monoisotopic (exact) mass is 347 g/mol. The molecule has 2 N–H and O–H groups in total. The molecule has 0 spiro atoms. The molecule has 3 nitrogen and oxygen atoms in total. The lowest BCUT2D eigenvalue weighted by Crippen LogP contribution is -2.34. The van der Waals surface area contributed by atoms with E-state index in [0.29, 0.717) is 23.4 Å². The van der Waals surface area contributed by atoms with Gasteiger partial charge in [0.05, 0.1) is 0 Å². The van der Waals surface area contributed by atoms with Gasteiger partial charge in [-0.25, -0.2) is 4.98 Å². The third-order valence-corrected chi connectivity index (χ3v) is 4.03. The van der Waals surface area contributed by atoms with Gasteiger partial charge in [-0.15, -0.1) is 0 Å². The Hall–Kier alpha value is -1.65. The lowest BCUT2D eigenvalue weighted by atomic mass is 9.87. The Balaban J connectivity index is 1.79. The van der Waals surface area contributed by atoms with E-state index in [4.69, 9.17) is 23.8 Å². The van der Waals surface area contributed by atoms with E-state index in [9.17, 15) is 0 Å². The summed E-state index contributed by atoms with van der Waals surface area (Å²) in [6.45, 7) is 7.97. The summed E-state index contributed by atoms with van der Waals surface area (Å²) >= 11 is 11.1. The van der Waals surface area contributed by atoms with Gasteiger partial charge in [0.2, 0.25) is 0 Å². The highest BCUT2D eigenvalue weighted by molar-refractivity contribution is 7.80. The first-order chi connectivity index (χ1) is 10.8. The molecule has 0 bridgehead atoms. The summed E-state index contributed by atoms with van der Waals surface area (Å²) in [7, 11) is 0. The van der Waals surface area contributed by atoms with Crippen molar-refractivity contribution in [1.82, 2.24) is 15.6 Å². The van der Waals surface area contributed by atoms with Gasteiger partial charge in [0.25, 0.3) is 0 Å². The molecule has 0 saturated carbocycles. The molecule has 2 aromatic rings. The Morgan fingerprint density at radius 2 is 1.57 bits per heavy atom. The molecule has 0 aliphatic heterocycles. The van der Waals surface area contributed by atoms with Crippen LogP contribution in [0.15, 0.2) is 42.6 Å². The van der Waals surface area contributed by atoms with Gasteiger partial charge in [0.1, 0.15) is 5.15 Å². The predicted octanol–water partition coefficient (Wildman–Crippen LogP) is 4.20. The van der Waals surface area contributed by atoms with E-state index in [0.717, 1.165) is 5.56 Å². The summed E-state index contributed by atoms with van der Waals surface area (Å²) in [5.41, 5.74) is 3.75. The minimum Gasteiger partial charge on any atom is -0.359 e. The number of benzene rings is 1. The first-order valence-corrected chi connectivity index (χ1v) is 8.35. The van der Waals surface area contributed by atoms with E-state index in [1.807, 2.05) is 6.07 Å². The summed E-state index contributed by atoms with van der Waals surface area (Å²) in [5.74, 6) is 0. The molecule has 0 aliphatic carbocycles. The molecule has 0 radical (unpaired) electrons. The van der Waals surface area contributed by atoms with Crippen molar-refractivity contribution >= 4 is 28.9 Å². The van der Waals surface area contributed by atoms with Gasteiger partial charge in [-0.3, -0.25) is 0 Å². The van der Waals surface area contributed by atoms with Crippen molar-refractivity contribution in [2.75, 3.05) is 0 Å². The molecule has 0 unspecified atom stereocenters. The second-order valence-electron chi connectivity index (χ2n) is 6.47. The number of nitrogens with zero attached hydrogens (tertiary/aromatic N) is 1. The summed E-state index contributed by atoms with van der Waals surface area (Å²) in [5, 5.41) is 7.49. The average Bonchev–Trinajstić information content (AvgIpc) is 2.52. The van der Waals surface area contributed by atoms with Gasteiger partial charge >= 0.3 is 0 Å². The predicted molar refractivity (Wildman–Crippen MR) is 101 cm³/mol. The number of pyridine rings is 1. The minimum absolute atomic E-state index is 0.176. The summed E-state index contributed by atoms with van der Waals surface area (Å²) < 4.78 is 0. The van der Waals surface area contributed by atoms with Gasteiger partial charge < -0.3 is 10.6 Å². The van der Waals surface area contributed by atoms with E-state index < -0.39 is 0 Å². The lowest BCUT2D eigenvalue weighted by molar-refractivity contribution is 0.590. The number of halogens is 1. The molecule has 0 atom stereocenters. The summed E-state index contributed by atoms with van der Waals surface area (Å²) in [6, 6.07) is 12.3. The van der Waals surface area contributed by atoms with Crippen molar-refractivity contribution in [3.8, 4) is 0 Å². The Kier molecular flexibility index (Phi) is 5.97. The van der Waals surface area contributed by atoms with Gasteiger partial charge in [0, 0.05) is 19.3 Å². The SMILES string of the molecule is CC(C)(C)c1ccc(CNC(=S)NCc2ccc(Cl)nc2)cc1. The number of hydrogen-bond donors (Lipinski definition) is 2. The lowest BCUT2D eigenvalue weighted by Gasteiger charge is -2.19. The first-order valence-electron chi connectivity index (χ1n) is 7.56. The van der Waals surface area contributed by atoms with Crippen LogP contribution in [-0.4, -0.2) is 10.1 Å². The number of aromatic nitrogens is 1. The van der Waals surface area contributed by atoms with E-state index in [1.54, 1.807) is 12.3 Å². The second-order valence-corrected chi connectivity index (χ2v) is 7.27. The van der Waals surface area contributed by atoms with Crippen molar-refractivity contribution in [2.24, 2.45) is 0 Å². The molecule has 2 rings (SSSR count). The molecule has 0 saturated heterocycles. The summed E-state index contributed by atoms with van der Waals surface area (Å²) in [6.07, 6.45) is 1.74. The van der Waals surface area contributed by atoms with Crippen LogP contribution >= 0.6 is 23.8 Å². The van der Waals surface area contributed by atoms with Crippen molar-refractivity contribution in [3.05, 3.63) is 64.4 Å². The molecule has 0 fully saturated rings. The third-order valence-electron chi connectivity index (χ3n) is 3.51. The van der Waals surface area contributed by atoms with Crippen LogP contribution in [0.3, 0.4) is 0 Å². The highest BCUT2D eigenvalue weighted by atomic mass is 35.5. The Bertz CT molecular complexity index is 645. The van der Waals surface area contributed by atoms with E-state index >= 15 is 0 Å². The minimum atomic E-state index is 0.176. The van der Waals surface area contributed by atoms with Crippen molar-refractivity contribution in [2.45, 2.75) is 39.3 Å². The normalized spacial score (nSPS) is 11.1. The molecular formula is C18H22ClN3S. The zero-order valence-corrected chi connectivity index (χ0v) is 15.3. The number of nitrogens with one attached hydrogen (secondary N) is 2. The number of hydrogen-bond acceptors (Lipinski definition) is 2. The molecular weight excluding hydrogens is 326 g/mol. The summed E-state index contributed by atoms with van der Waals surface area (Å²) in [4.78, 5) is 4.04. The van der Waals surface area contributed by atoms with E-state index in [-0.39, 0.29) is 5.41 Å². The molecule has 1 aromatic heterocycles. The average molecular weight is 348 g/mol. The first kappa shape index (κ1) is 17.7. The largest absolute Gasteiger partial charge is 0.359 e. The van der Waals surface area contributed by atoms with Crippen LogP contribution in [-0.2, 0) is 18.5 Å². The molecule has 23 heavy (non-hydrogen) atoms. The zero-order valence-electron chi connectivity index (χ0n) is 13.7. The Morgan fingerprint density at radius 1 is 1.00 bits per heavy atom. The fourth-order valence-corrected chi connectivity index (χ4v) is 2.32. The van der Waals surface area contributed by atoms with Gasteiger partial charge in [-0.2, -0.15) is 0 Å². The van der Waals surface area contributed by atoms with Gasteiger partial charge in [0.15, 0.2) is 5.11 Å². The Morgan fingerprint density at radius 3 is 2.09 bits per heavy atom. The van der Waals surface area contributed by atoms with Gasteiger partial charge in [-0.05, 0) is 40.4 Å². The van der Waals surface area contributed by atoms with Crippen LogP contribution in [0.25, 0.3) is 0 Å². The van der Waals surface area contributed by atoms with Crippen LogP contribution < -0.4 is 10.6 Å². The molecule has 0 amide bonds.